The Morgan fingerprint density at radius 1 is 1.22 bits per heavy atom. The van der Waals surface area contributed by atoms with Crippen LogP contribution in [0.3, 0.4) is 0 Å². The number of para-hydroxylation sites is 2. The lowest BCUT2D eigenvalue weighted by Crippen LogP contribution is -2.20. The number of aromatic amines is 1. The molecule has 0 fully saturated rings. The van der Waals surface area contributed by atoms with Gasteiger partial charge in [-0.2, -0.15) is 5.26 Å². The minimum atomic E-state index is -0.189. The van der Waals surface area contributed by atoms with Crippen molar-refractivity contribution in [1.82, 2.24) is 9.38 Å². The molecule has 1 N–H and O–H groups in total. The SMILES string of the molecule is Cc1cc(I)ccc1N=Cc1c(C)c(C#N)c2[nH]c3ccccc3n2c1=O. The zero-order valence-corrected chi connectivity index (χ0v) is 16.9. The van der Waals surface area contributed by atoms with Crippen molar-refractivity contribution in [2.45, 2.75) is 13.8 Å². The number of aliphatic imine (C=N–C) groups is 1. The number of H-pyrrole nitrogens is 1. The van der Waals surface area contributed by atoms with Crippen LogP contribution in [0.15, 0.2) is 52.3 Å². The van der Waals surface area contributed by atoms with Crippen molar-refractivity contribution in [2.75, 3.05) is 0 Å². The molecular formula is C21H15IN4O. The second kappa shape index (κ2) is 6.67. The van der Waals surface area contributed by atoms with Gasteiger partial charge in [-0.15, -0.1) is 0 Å². The third-order valence-corrected chi connectivity index (χ3v) is 5.35. The van der Waals surface area contributed by atoms with Crippen LogP contribution in [0.2, 0.25) is 0 Å². The molecule has 0 aliphatic rings. The molecule has 0 unspecified atom stereocenters. The van der Waals surface area contributed by atoms with Gasteiger partial charge in [0, 0.05) is 9.78 Å². The van der Waals surface area contributed by atoms with Crippen molar-refractivity contribution >= 4 is 51.2 Å². The Labute approximate surface area is 169 Å². The average Bonchev–Trinajstić information content (AvgIpc) is 3.03. The molecule has 4 aromatic rings. The molecule has 4 rings (SSSR count). The third kappa shape index (κ3) is 2.84. The van der Waals surface area contributed by atoms with Gasteiger partial charge in [0.2, 0.25) is 0 Å². The molecule has 2 aromatic carbocycles. The number of nitrogens with zero attached hydrogens (tertiary/aromatic N) is 3. The average molecular weight is 466 g/mol. The standard InChI is InChI=1S/C21H15IN4O/c1-12-9-14(22)7-8-17(12)24-11-16-13(2)15(10-23)20-25-18-5-3-4-6-19(18)26(20)21(16)27/h3-9,11,25H,1-2H3. The van der Waals surface area contributed by atoms with Crippen molar-refractivity contribution in [2.24, 2.45) is 4.99 Å². The van der Waals surface area contributed by atoms with E-state index in [4.69, 9.17) is 0 Å². The quantitative estimate of drug-likeness (QED) is 0.346. The van der Waals surface area contributed by atoms with Crippen LogP contribution in [0.25, 0.3) is 16.7 Å². The Morgan fingerprint density at radius 3 is 2.74 bits per heavy atom. The largest absolute Gasteiger partial charge is 0.338 e. The number of aromatic nitrogens is 2. The van der Waals surface area contributed by atoms with Gasteiger partial charge in [-0.1, -0.05) is 12.1 Å². The normalized spacial score (nSPS) is 11.5. The first-order chi connectivity index (χ1) is 13.0. The van der Waals surface area contributed by atoms with Gasteiger partial charge in [-0.25, -0.2) is 0 Å². The molecule has 6 heteroatoms. The molecule has 132 valence electrons. The van der Waals surface area contributed by atoms with Crippen LogP contribution >= 0.6 is 22.6 Å². The molecule has 2 heterocycles. The number of nitriles is 1. The predicted molar refractivity (Wildman–Crippen MR) is 116 cm³/mol. The number of nitrogens with one attached hydrogen (secondary N) is 1. The molecule has 0 aliphatic heterocycles. The number of benzene rings is 2. The molecule has 0 spiro atoms. The maximum atomic E-state index is 13.2. The van der Waals surface area contributed by atoms with E-state index in [1.165, 1.54) is 0 Å². The highest BCUT2D eigenvalue weighted by atomic mass is 127. The molecule has 0 radical (unpaired) electrons. The highest BCUT2D eigenvalue weighted by Gasteiger charge is 2.17. The van der Waals surface area contributed by atoms with Crippen molar-refractivity contribution in [1.29, 1.82) is 5.26 Å². The summed E-state index contributed by atoms with van der Waals surface area (Å²) in [7, 11) is 0. The second-order valence-electron chi connectivity index (χ2n) is 6.35. The van der Waals surface area contributed by atoms with Crippen LogP contribution in [-0.2, 0) is 0 Å². The monoisotopic (exact) mass is 466 g/mol. The fourth-order valence-corrected chi connectivity index (χ4v) is 3.89. The van der Waals surface area contributed by atoms with E-state index in [-0.39, 0.29) is 5.56 Å². The molecule has 0 bridgehead atoms. The number of hydrogen-bond acceptors (Lipinski definition) is 3. The number of aryl methyl sites for hydroxylation is 1. The second-order valence-corrected chi connectivity index (χ2v) is 7.59. The van der Waals surface area contributed by atoms with E-state index in [2.05, 4.69) is 38.6 Å². The van der Waals surface area contributed by atoms with Crippen molar-refractivity contribution in [3.8, 4) is 6.07 Å². The number of fused-ring (bicyclic) bond motifs is 3. The first kappa shape index (κ1) is 17.5. The predicted octanol–water partition coefficient (Wildman–Crippen LogP) is 4.62. The zero-order chi connectivity index (χ0) is 19.1. The Hall–Kier alpha value is -2.92. The highest BCUT2D eigenvalue weighted by Crippen LogP contribution is 2.23. The molecule has 0 amide bonds. The van der Waals surface area contributed by atoms with Gasteiger partial charge in [-0.3, -0.25) is 14.2 Å². The smallest absolute Gasteiger partial charge is 0.265 e. The van der Waals surface area contributed by atoms with Crippen molar-refractivity contribution < 1.29 is 0 Å². The summed E-state index contributed by atoms with van der Waals surface area (Å²) in [6, 6.07) is 15.7. The first-order valence-corrected chi connectivity index (χ1v) is 9.45. The minimum Gasteiger partial charge on any atom is -0.338 e. The summed E-state index contributed by atoms with van der Waals surface area (Å²) in [6.45, 7) is 3.77. The van der Waals surface area contributed by atoms with Gasteiger partial charge >= 0.3 is 0 Å². The van der Waals surface area contributed by atoms with E-state index in [1.54, 1.807) is 17.5 Å². The summed E-state index contributed by atoms with van der Waals surface area (Å²) < 4.78 is 2.69. The highest BCUT2D eigenvalue weighted by molar-refractivity contribution is 14.1. The van der Waals surface area contributed by atoms with Crippen LogP contribution in [0.4, 0.5) is 5.69 Å². The fourth-order valence-electron chi connectivity index (χ4n) is 3.24. The molecule has 0 aliphatic carbocycles. The molecule has 0 saturated heterocycles. The van der Waals surface area contributed by atoms with Crippen LogP contribution in [0.5, 0.6) is 0 Å². The van der Waals surface area contributed by atoms with E-state index < -0.39 is 0 Å². The minimum absolute atomic E-state index is 0.189. The molecule has 0 saturated carbocycles. The number of imidazole rings is 1. The summed E-state index contributed by atoms with van der Waals surface area (Å²) in [4.78, 5) is 20.9. The Kier molecular flexibility index (Phi) is 4.32. The number of pyridine rings is 1. The van der Waals surface area contributed by atoms with E-state index in [0.29, 0.717) is 22.3 Å². The van der Waals surface area contributed by atoms with Crippen LogP contribution in [0, 0.1) is 28.7 Å². The van der Waals surface area contributed by atoms with E-state index in [9.17, 15) is 10.1 Å². The van der Waals surface area contributed by atoms with Crippen molar-refractivity contribution in [3.63, 3.8) is 0 Å². The van der Waals surface area contributed by atoms with Crippen LogP contribution < -0.4 is 5.56 Å². The summed E-state index contributed by atoms with van der Waals surface area (Å²) >= 11 is 2.25. The summed E-state index contributed by atoms with van der Waals surface area (Å²) in [6.07, 6.45) is 1.57. The molecule has 2 aromatic heterocycles. The number of hydrogen-bond donors (Lipinski definition) is 1. The van der Waals surface area contributed by atoms with Gasteiger partial charge in [0.15, 0.2) is 0 Å². The van der Waals surface area contributed by atoms with Crippen LogP contribution in [0.1, 0.15) is 22.3 Å². The summed E-state index contributed by atoms with van der Waals surface area (Å²) in [5.41, 5.74) is 5.22. The lowest BCUT2D eigenvalue weighted by atomic mass is 10.1. The van der Waals surface area contributed by atoms with Gasteiger partial charge in [0.05, 0.1) is 27.8 Å². The Balaban J connectivity index is 2.01. The maximum Gasteiger partial charge on any atom is 0.265 e. The van der Waals surface area contributed by atoms with Gasteiger partial charge in [0.1, 0.15) is 11.7 Å². The van der Waals surface area contributed by atoms with Crippen molar-refractivity contribution in [3.05, 3.63) is 78.6 Å². The molecule has 5 nitrogen and oxygen atoms in total. The van der Waals surface area contributed by atoms with E-state index in [1.807, 2.05) is 49.4 Å². The number of halogens is 1. The fraction of sp³-hybridized carbons (Fsp3) is 0.0952. The van der Waals surface area contributed by atoms with Gasteiger partial charge in [-0.05, 0) is 77.9 Å². The van der Waals surface area contributed by atoms with Crippen LogP contribution in [-0.4, -0.2) is 15.6 Å². The van der Waals surface area contributed by atoms with Gasteiger partial charge < -0.3 is 4.98 Å². The molecule has 27 heavy (non-hydrogen) atoms. The van der Waals surface area contributed by atoms with E-state index in [0.717, 1.165) is 25.9 Å². The lowest BCUT2D eigenvalue weighted by Gasteiger charge is -2.06. The van der Waals surface area contributed by atoms with Gasteiger partial charge in [0.25, 0.3) is 5.56 Å². The lowest BCUT2D eigenvalue weighted by molar-refractivity contribution is 1.12. The molecular weight excluding hydrogens is 451 g/mol. The number of rotatable bonds is 2. The third-order valence-electron chi connectivity index (χ3n) is 4.67. The topological polar surface area (TPSA) is 73.4 Å². The van der Waals surface area contributed by atoms with E-state index >= 15 is 0 Å². The zero-order valence-electron chi connectivity index (χ0n) is 14.7. The summed E-state index contributed by atoms with van der Waals surface area (Å²) in [5, 5.41) is 9.69. The first-order valence-electron chi connectivity index (χ1n) is 8.37. The Bertz CT molecular complexity index is 1340. The Morgan fingerprint density at radius 2 is 2.00 bits per heavy atom. The maximum absolute atomic E-state index is 13.2. The molecule has 0 atom stereocenters. The summed E-state index contributed by atoms with van der Waals surface area (Å²) in [5.74, 6) is 0.